The number of amides is 1. The van der Waals surface area contributed by atoms with Crippen LogP contribution < -0.4 is 16.2 Å². The zero-order valence-corrected chi connectivity index (χ0v) is 10.9. The van der Waals surface area contributed by atoms with Crippen LogP contribution in [-0.2, 0) is 4.79 Å². The number of rotatable bonds is 5. The van der Waals surface area contributed by atoms with Gasteiger partial charge in [0.1, 0.15) is 0 Å². The molecule has 0 saturated heterocycles. The first-order valence-electron chi connectivity index (χ1n) is 5.74. The summed E-state index contributed by atoms with van der Waals surface area (Å²) >= 11 is 0. The summed E-state index contributed by atoms with van der Waals surface area (Å²) in [5, 5.41) is 0. The molecule has 0 bridgehead atoms. The average molecular weight is 254 g/mol. The van der Waals surface area contributed by atoms with E-state index in [1.165, 1.54) is 13.0 Å². The monoisotopic (exact) mass is 254 g/mol. The van der Waals surface area contributed by atoms with Gasteiger partial charge in [0.05, 0.1) is 11.6 Å². The quantitative estimate of drug-likeness (QED) is 0.835. The lowest BCUT2D eigenvalue weighted by molar-refractivity contribution is -0.123. The molecule has 0 fully saturated rings. The van der Waals surface area contributed by atoms with Crippen LogP contribution in [0.1, 0.15) is 25.8 Å². The topological polar surface area (TPSA) is 78.3 Å². The van der Waals surface area contributed by atoms with Gasteiger partial charge in [-0.1, -0.05) is 12.1 Å². The molecule has 1 rings (SSSR count). The summed E-state index contributed by atoms with van der Waals surface area (Å²) in [6, 6.07) is 4.90. The largest absolute Gasteiger partial charge is 0.488 e. The standard InChI is InChI=1S/C13H19FN2O2/c1-8-5-4-6-10(11(8)14)18-9(2)7-13(3,16)12(15)17/h4-6,9H,7,16H2,1-3H3,(H2,15,17). The number of aryl methyl sites for hydroxylation is 1. The number of ether oxygens (including phenoxy) is 1. The van der Waals surface area contributed by atoms with Gasteiger partial charge in [-0.2, -0.15) is 0 Å². The second-order valence-corrected chi connectivity index (χ2v) is 4.80. The van der Waals surface area contributed by atoms with Crippen molar-refractivity contribution in [1.82, 2.24) is 0 Å². The molecular weight excluding hydrogens is 235 g/mol. The number of hydrogen-bond acceptors (Lipinski definition) is 3. The zero-order valence-electron chi connectivity index (χ0n) is 10.9. The molecule has 0 saturated carbocycles. The summed E-state index contributed by atoms with van der Waals surface area (Å²) in [4.78, 5) is 11.1. The van der Waals surface area contributed by atoms with Gasteiger partial charge in [-0.3, -0.25) is 4.79 Å². The Morgan fingerprint density at radius 1 is 1.56 bits per heavy atom. The van der Waals surface area contributed by atoms with Crippen LogP contribution in [0.15, 0.2) is 18.2 Å². The van der Waals surface area contributed by atoms with Crippen LogP contribution >= 0.6 is 0 Å². The van der Waals surface area contributed by atoms with Gasteiger partial charge in [-0.25, -0.2) is 4.39 Å². The van der Waals surface area contributed by atoms with Gasteiger partial charge < -0.3 is 16.2 Å². The zero-order chi connectivity index (χ0) is 13.9. The summed E-state index contributed by atoms with van der Waals surface area (Å²) in [7, 11) is 0. The lowest BCUT2D eigenvalue weighted by Crippen LogP contribution is -2.51. The Morgan fingerprint density at radius 3 is 2.72 bits per heavy atom. The maximum atomic E-state index is 13.7. The van der Waals surface area contributed by atoms with E-state index in [0.29, 0.717) is 5.56 Å². The van der Waals surface area contributed by atoms with E-state index in [9.17, 15) is 9.18 Å². The number of carbonyl (C=O) groups is 1. The highest BCUT2D eigenvalue weighted by Crippen LogP contribution is 2.22. The number of benzene rings is 1. The summed E-state index contributed by atoms with van der Waals surface area (Å²) in [5.41, 5.74) is 10.2. The lowest BCUT2D eigenvalue weighted by atomic mass is 9.95. The molecule has 0 aliphatic heterocycles. The van der Waals surface area contributed by atoms with Crippen LogP contribution in [0.5, 0.6) is 5.75 Å². The minimum atomic E-state index is -1.17. The molecule has 18 heavy (non-hydrogen) atoms. The molecule has 0 spiro atoms. The number of halogens is 1. The van der Waals surface area contributed by atoms with Crippen molar-refractivity contribution in [2.24, 2.45) is 11.5 Å². The van der Waals surface area contributed by atoms with Crippen molar-refractivity contribution in [2.45, 2.75) is 38.8 Å². The molecule has 2 atom stereocenters. The van der Waals surface area contributed by atoms with E-state index < -0.39 is 23.4 Å². The van der Waals surface area contributed by atoms with Crippen LogP contribution in [0.2, 0.25) is 0 Å². The summed E-state index contributed by atoms with van der Waals surface area (Å²) < 4.78 is 19.2. The maximum absolute atomic E-state index is 13.7. The van der Waals surface area contributed by atoms with Crippen LogP contribution in [0, 0.1) is 12.7 Å². The molecular formula is C13H19FN2O2. The van der Waals surface area contributed by atoms with E-state index in [1.807, 2.05) is 0 Å². The molecule has 0 radical (unpaired) electrons. The summed E-state index contributed by atoms with van der Waals surface area (Å²) in [5.74, 6) is -0.854. The van der Waals surface area contributed by atoms with Crippen molar-refractivity contribution in [3.05, 3.63) is 29.6 Å². The maximum Gasteiger partial charge on any atom is 0.237 e. The van der Waals surface area contributed by atoms with Crippen LogP contribution in [0.3, 0.4) is 0 Å². The molecule has 5 heteroatoms. The SMILES string of the molecule is Cc1cccc(OC(C)CC(C)(N)C(N)=O)c1F. The molecule has 1 aromatic carbocycles. The van der Waals surface area contributed by atoms with Crippen molar-refractivity contribution in [3.8, 4) is 5.75 Å². The highest BCUT2D eigenvalue weighted by molar-refractivity contribution is 5.83. The Morgan fingerprint density at radius 2 is 2.17 bits per heavy atom. The Bertz CT molecular complexity index is 447. The van der Waals surface area contributed by atoms with Gasteiger partial charge in [-0.05, 0) is 32.4 Å². The third-order valence-corrected chi connectivity index (χ3v) is 2.76. The van der Waals surface area contributed by atoms with Gasteiger partial charge in [0.25, 0.3) is 0 Å². The minimum Gasteiger partial charge on any atom is -0.488 e. The molecule has 0 aliphatic rings. The molecule has 0 aliphatic carbocycles. The Hall–Kier alpha value is -1.62. The predicted molar refractivity (Wildman–Crippen MR) is 67.6 cm³/mol. The highest BCUT2D eigenvalue weighted by Gasteiger charge is 2.29. The highest BCUT2D eigenvalue weighted by atomic mass is 19.1. The van der Waals surface area contributed by atoms with E-state index in [0.717, 1.165) is 0 Å². The van der Waals surface area contributed by atoms with E-state index in [1.54, 1.807) is 26.0 Å². The predicted octanol–water partition coefficient (Wildman–Crippen LogP) is 1.49. The van der Waals surface area contributed by atoms with Crippen LogP contribution in [0.4, 0.5) is 4.39 Å². The summed E-state index contributed by atoms with van der Waals surface area (Å²) in [6.07, 6.45) is -0.195. The van der Waals surface area contributed by atoms with Crippen molar-refractivity contribution in [2.75, 3.05) is 0 Å². The second kappa shape index (κ2) is 5.35. The Kier molecular flexibility index (Phi) is 4.29. The van der Waals surface area contributed by atoms with E-state index in [4.69, 9.17) is 16.2 Å². The third kappa shape index (κ3) is 3.43. The molecule has 4 nitrogen and oxygen atoms in total. The third-order valence-electron chi connectivity index (χ3n) is 2.76. The van der Waals surface area contributed by atoms with Gasteiger partial charge >= 0.3 is 0 Å². The van der Waals surface area contributed by atoms with Crippen molar-refractivity contribution < 1.29 is 13.9 Å². The van der Waals surface area contributed by atoms with E-state index >= 15 is 0 Å². The molecule has 4 N–H and O–H groups in total. The molecule has 1 aromatic rings. The van der Waals surface area contributed by atoms with Crippen molar-refractivity contribution >= 4 is 5.91 Å². The number of hydrogen-bond donors (Lipinski definition) is 2. The second-order valence-electron chi connectivity index (χ2n) is 4.80. The average Bonchev–Trinajstić information content (AvgIpc) is 2.23. The van der Waals surface area contributed by atoms with Crippen molar-refractivity contribution in [3.63, 3.8) is 0 Å². The number of carbonyl (C=O) groups excluding carboxylic acids is 1. The van der Waals surface area contributed by atoms with Crippen LogP contribution in [0.25, 0.3) is 0 Å². The Labute approximate surface area is 106 Å². The van der Waals surface area contributed by atoms with Crippen molar-refractivity contribution in [1.29, 1.82) is 0 Å². The molecule has 100 valence electrons. The Balaban J connectivity index is 2.74. The van der Waals surface area contributed by atoms with Gasteiger partial charge in [-0.15, -0.1) is 0 Å². The molecule has 0 heterocycles. The fraction of sp³-hybridized carbons (Fsp3) is 0.462. The smallest absolute Gasteiger partial charge is 0.237 e. The summed E-state index contributed by atoms with van der Waals surface area (Å²) in [6.45, 7) is 4.90. The fourth-order valence-corrected chi connectivity index (χ4v) is 1.67. The molecule has 1 amide bonds. The van der Waals surface area contributed by atoms with Gasteiger partial charge in [0.15, 0.2) is 11.6 Å². The fourth-order valence-electron chi connectivity index (χ4n) is 1.67. The normalized spacial score (nSPS) is 15.8. The van der Waals surface area contributed by atoms with Crippen LogP contribution in [-0.4, -0.2) is 17.6 Å². The molecule has 0 aromatic heterocycles. The number of nitrogens with two attached hydrogens (primary N) is 2. The minimum absolute atomic E-state index is 0.155. The van der Waals surface area contributed by atoms with Gasteiger partial charge in [0.2, 0.25) is 5.91 Å². The van der Waals surface area contributed by atoms with E-state index in [-0.39, 0.29) is 12.2 Å². The number of primary amides is 1. The first-order chi connectivity index (χ1) is 8.24. The van der Waals surface area contributed by atoms with E-state index in [2.05, 4.69) is 0 Å². The molecule has 2 unspecified atom stereocenters. The lowest BCUT2D eigenvalue weighted by Gasteiger charge is -2.25. The van der Waals surface area contributed by atoms with Gasteiger partial charge in [0, 0.05) is 6.42 Å². The first kappa shape index (κ1) is 14.4. The first-order valence-corrected chi connectivity index (χ1v) is 5.74.